The van der Waals surface area contributed by atoms with Crippen molar-refractivity contribution in [1.29, 1.82) is 0 Å². The first-order chi connectivity index (χ1) is 10.8. The summed E-state index contributed by atoms with van der Waals surface area (Å²) in [5, 5.41) is 6.43. The zero-order valence-electron chi connectivity index (χ0n) is 12.9. The molecule has 1 aromatic carbocycles. The Morgan fingerprint density at radius 1 is 1.30 bits per heavy atom. The van der Waals surface area contributed by atoms with E-state index in [1.807, 2.05) is 13.8 Å². The molecule has 0 saturated carbocycles. The quantitative estimate of drug-likeness (QED) is 0.867. The van der Waals surface area contributed by atoms with Gasteiger partial charge < -0.3 is 10.1 Å². The third kappa shape index (κ3) is 3.23. The van der Waals surface area contributed by atoms with Gasteiger partial charge in [0.1, 0.15) is 17.1 Å². The number of ether oxygens (including phenoxy) is 1. The summed E-state index contributed by atoms with van der Waals surface area (Å²) < 4.78 is 5.77. The van der Waals surface area contributed by atoms with Gasteiger partial charge in [0.15, 0.2) is 5.78 Å². The first-order valence-corrected chi connectivity index (χ1v) is 7.37. The molecule has 2 N–H and O–H groups in total. The first-order valence-electron chi connectivity index (χ1n) is 7.37. The van der Waals surface area contributed by atoms with E-state index in [-0.39, 0.29) is 30.2 Å². The van der Waals surface area contributed by atoms with Gasteiger partial charge in [0, 0.05) is 18.5 Å². The molecule has 7 heteroatoms. The van der Waals surface area contributed by atoms with Gasteiger partial charge in [-0.1, -0.05) is 0 Å². The van der Waals surface area contributed by atoms with Gasteiger partial charge in [-0.3, -0.25) is 14.4 Å². The molecule has 7 nitrogen and oxygen atoms in total. The average Bonchev–Trinajstić information content (AvgIpc) is 2.47. The van der Waals surface area contributed by atoms with Crippen LogP contribution in [-0.4, -0.2) is 28.9 Å². The Bertz CT molecular complexity index is 737. The van der Waals surface area contributed by atoms with Crippen LogP contribution in [0.25, 0.3) is 0 Å². The van der Waals surface area contributed by atoms with Gasteiger partial charge in [0.2, 0.25) is 5.91 Å². The number of benzene rings is 1. The largest absolute Gasteiger partial charge is 0.487 e. The van der Waals surface area contributed by atoms with Crippen LogP contribution in [0.5, 0.6) is 5.75 Å². The van der Waals surface area contributed by atoms with Crippen LogP contribution >= 0.6 is 0 Å². The first kappa shape index (κ1) is 15.2. The van der Waals surface area contributed by atoms with E-state index < -0.39 is 11.5 Å². The van der Waals surface area contributed by atoms with Crippen molar-refractivity contribution in [2.45, 2.75) is 38.7 Å². The van der Waals surface area contributed by atoms with Crippen molar-refractivity contribution in [2.75, 3.05) is 5.32 Å². The highest BCUT2D eigenvalue weighted by Gasteiger charge is 2.32. The lowest BCUT2D eigenvalue weighted by Gasteiger charge is -2.31. The molecule has 0 fully saturated rings. The smallest absolute Gasteiger partial charge is 0.271 e. The molecule has 0 aromatic heterocycles. The summed E-state index contributed by atoms with van der Waals surface area (Å²) >= 11 is 0. The van der Waals surface area contributed by atoms with E-state index in [1.165, 1.54) is 0 Å². The van der Waals surface area contributed by atoms with E-state index in [9.17, 15) is 14.4 Å². The summed E-state index contributed by atoms with van der Waals surface area (Å²) in [5.74, 6) is -0.101. The number of fused-ring (bicyclic) bond motifs is 1. The predicted molar refractivity (Wildman–Crippen MR) is 83.5 cm³/mol. The minimum absolute atomic E-state index is 0.0189. The van der Waals surface area contributed by atoms with E-state index in [0.29, 0.717) is 23.4 Å². The minimum Gasteiger partial charge on any atom is -0.487 e. The minimum atomic E-state index is -0.524. The maximum absolute atomic E-state index is 12.2. The monoisotopic (exact) mass is 315 g/mol. The number of ketones is 1. The van der Waals surface area contributed by atoms with Gasteiger partial charge in [0.05, 0.1) is 12.0 Å². The van der Waals surface area contributed by atoms with Crippen LogP contribution in [0.15, 0.2) is 23.3 Å². The molecule has 3 rings (SSSR count). The lowest BCUT2D eigenvalue weighted by molar-refractivity contribution is -0.121. The summed E-state index contributed by atoms with van der Waals surface area (Å²) in [5.41, 5.74) is 2.96. The van der Waals surface area contributed by atoms with Gasteiger partial charge in [-0.15, -0.1) is 0 Å². The van der Waals surface area contributed by atoms with E-state index in [2.05, 4.69) is 15.8 Å². The molecule has 0 unspecified atom stereocenters. The maximum atomic E-state index is 12.2. The third-order valence-corrected chi connectivity index (χ3v) is 3.68. The Kier molecular flexibility index (Phi) is 3.63. The standard InChI is InChI=1S/C16H17N3O4/c1-16(2)8-12(20)10-7-9(3-5-13(10)23-16)17-15(22)11-4-6-14(21)19-18-11/h3,5,7H,4,6,8H2,1-2H3,(H,17,22)(H,19,21). The lowest BCUT2D eigenvalue weighted by atomic mass is 9.93. The van der Waals surface area contributed by atoms with E-state index in [4.69, 9.17) is 4.74 Å². The van der Waals surface area contributed by atoms with Gasteiger partial charge in [-0.25, -0.2) is 5.43 Å². The number of nitrogens with zero attached hydrogens (tertiary/aromatic N) is 1. The van der Waals surface area contributed by atoms with Gasteiger partial charge in [-0.05, 0) is 32.0 Å². The van der Waals surface area contributed by atoms with Crippen LogP contribution in [0.4, 0.5) is 5.69 Å². The molecule has 2 heterocycles. The number of carbonyl (C=O) groups excluding carboxylic acids is 3. The second-order valence-electron chi connectivity index (χ2n) is 6.22. The number of rotatable bonds is 2. The molecule has 0 radical (unpaired) electrons. The Morgan fingerprint density at radius 3 is 2.78 bits per heavy atom. The number of hydrogen-bond acceptors (Lipinski definition) is 5. The molecule has 23 heavy (non-hydrogen) atoms. The number of hydrogen-bond donors (Lipinski definition) is 2. The number of carbonyl (C=O) groups is 3. The fourth-order valence-electron chi connectivity index (χ4n) is 2.57. The van der Waals surface area contributed by atoms with Crippen molar-refractivity contribution < 1.29 is 19.1 Å². The second kappa shape index (κ2) is 5.49. The van der Waals surface area contributed by atoms with Crippen molar-refractivity contribution in [1.82, 2.24) is 5.43 Å². The summed E-state index contributed by atoms with van der Waals surface area (Å²) in [4.78, 5) is 35.4. The van der Waals surface area contributed by atoms with Crippen LogP contribution in [0.1, 0.15) is 43.5 Å². The molecule has 0 saturated heterocycles. The number of Topliss-reactive ketones (excluding diaryl/α,β-unsaturated/α-hetero) is 1. The van der Waals surface area contributed by atoms with Crippen molar-refractivity contribution in [3.63, 3.8) is 0 Å². The van der Waals surface area contributed by atoms with E-state index in [0.717, 1.165) is 0 Å². The van der Waals surface area contributed by atoms with Crippen molar-refractivity contribution in [3.05, 3.63) is 23.8 Å². The third-order valence-electron chi connectivity index (χ3n) is 3.68. The summed E-state index contributed by atoms with van der Waals surface area (Å²) in [6.45, 7) is 3.72. The lowest BCUT2D eigenvalue weighted by Crippen LogP contribution is -2.36. The summed E-state index contributed by atoms with van der Waals surface area (Å²) in [6.07, 6.45) is 0.812. The van der Waals surface area contributed by atoms with E-state index >= 15 is 0 Å². The summed E-state index contributed by atoms with van der Waals surface area (Å²) in [7, 11) is 0. The Balaban J connectivity index is 1.78. The highest BCUT2D eigenvalue weighted by Crippen LogP contribution is 2.34. The van der Waals surface area contributed by atoms with Crippen LogP contribution in [-0.2, 0) is 9.59 Å². The molecule has 2 aliphatic heterocycles. The number of nitrogens with one attached hydrogen (secondary N) is 2. The Labute approximate surface area is 133 Å². The van der Waals surface area contributed by atoms with Gasteiger partial charge in [0.25, 0.3) is 5.91 Å². The molecule has 0 bridgehead atoms. The van der Waals surface area contributed by atoms with Crippen LogP contribution in [0.2, 0.25) is 0 Å². The number of amides is 2. The van der Waals surface area contributed by atoms with Gasteiger partial charge in [-0.2, -0.15) is 5.10 Å². The van der Waals surface area contributed by atoms with Gasteiger partial charge >= 0.3 is 0 Å². The Morgan fingerprint density at radius 2 is 2.09 bits per heavy atom. The van der Waals surface area contributed by atoms with Crippen LogP contribution in [0.3, 0.4) is 0 Å². The highest BCUT2D eigenvalue weighted by molar-refractivity contribution is 6.43. The molecular formula is C16H17N3O4. The second-order valence-corrected chi connectivity index (χ2v) is 6.22. The van der Waals surface area contributed by atoms with Crippen molar-refractivity contribution in [3.8, 4) is 5.75 Å². The Hall–Kier alpha value is -2.70. The van der Waals surface area contributed by atoms with Crippen molar-refractivity contribution in [2.24, 2.45) is 5.10 Å². The number of anilines is 1. The molecule has 0 spiro atoms. The van der Waals surface area contributed by atoms with Crippen molar-refractivity contribution >= 4 is 29.0 Å². The molecule has 2 amide bonds. The van der Waals surface area contributed by atoms with Crippen LogP contribution in [0, 0.1) is 0 Å². The summed E-state index contributed by atoms with van der Waals surface area (Å²) in [6, 6.07) is 4.95. The molecular weight excluding hydrogens is 298 g/mol. The van der Waals surface area contributed by atoms with Crippen LogP contribution < -0.4 is 15.5 Å². The zero-order valence-corrected chi connectivity index (χ0v) is 12.9. The SMILES string of the molecule is CC1(C)CC(=O)c2cc(NC(=O)C3=NNC(=O)CC3)ccc2O1. The highest BCUT2D eigenvalue weighted by atomic mass is 16.5. The molecule has 120 valence electrons. The topological polar surface area (TPSA) is 96.9 Å². The molecule has 0 aliphatic carbocycles. The zero-order chi connectivity index (χ0) is 16.6. The maximum Gasteiger partial charge on any atom is 0.271 e. The normalized spacial score (nSPS) is 19.1. The predicted octanol–water partition coefficient (Wildman–Crippen LogP) is 1.63. The van der Waals surface area contributed by atoms with E-state index in [1.54, 1.807) is 18.2 Å². The average molecular weight is 315 g/mol. The fourth-order valence-corrected chi connectivity index (χ4v) is 2.57. The number of hydrazone groups is 1. The molecule has 0 atom stereocenters. The fraction of sp³-hybridized carbons (Fsp3) is 0.375. The molecule has 1 aromatic rings. The molecule has 2 aliphatic rings.